The number of nitrogens with two attached hydrogens (primary N) is 1. The minimum Gasteiger partial charge on any atom is -0.435 e. The lowest BCUT2D eigenvalue weighted by Crippen LogP contribution is -2.01. The third-order valence-corrected chi connectivity index (χ3v) is 3.39. The number of halogens is 1. The van der Waals surface area contributed by atoms with Crippen LogP contribution in [0, 0.1) is 5.82 Å². The molecule has 18 heavy (non-hydrogen) atoms. The number of thiazole rings is 1. The van der Waals surface area contributed by atoms with Crippen LogP contribution >= 0.6 is 11.3 Å². The fourth-order valence-electron chi connectivity index (χ4n) is 1.66. The molecule has 3 aromatic rings. The Morgan fingerprint density at radius 2 is 2.22 bits per heavy atom. The number of fused-ring (bicyclic) bond motifs is 1. The van der Waals surface area contributed by atoms with E-state index < -0.39 is 0 Å². The highest BCUT2D eigenvalue weighted by molar-refractivity contribution is 7.09. The normalized spacial score (nSPS) is 11.2. The van der Waals surface area contributed by atoms with Crippen LogP contribution in [0.1, 0.15) is 5.01 Å². The molecular formula is C12H10FN3OS. The zero-order valence-corrected chi connectivity index (χ0v) is 10.2. The van der Waals surface area contributed by atoms with Crippen molar-refractivity contribution in [3.8, 4) is 11.6 Å². The summed E-state index contributed by atoms with van der Waals surface area (Å²) in [6, 6.07) is 4.25. The van der Waals surface area contributed by atoms with Gasteiger partial charge in [0.15, 0.2) is 5.58 Å². The van der Waals surface area contributed by atoms with Crippen LogP contribution in [0.2, 0.25) is 0 Å². The van der Waals surface area contributed by atoms with Crippen LogP contribution in [0.4, 0.5) is 4.39 Å². The fourth-order valence-corrected chi connectivity index (χ4v) is 2.45. The molecule has 0 bridgehead atoms. The Bertz CT molecular complexity index is 692. The van der Waals surface area contributed by atoms with E-state index in [4.69, 9.17) is 10.2 Å². The zero-order valence-electron chi connectivity index (χ0n) is 9.39. The van der Waals surface area contributed by atoms with Gasteiger partial charge in [0.05, 0.1) is 5.01 Å². The molecule has 0 saturated heterocycles. The van der Waals surface area contributed by atoms with E-state index in [1.54, 1.807) is 6.07 Å². The average Bonchev–Trinajstić information content (AvgIpc) is 2.94. The lowest BCUT2D eigenvalue weighted by Gasteiger charge is -1.88. The van der Waals surface area contributed by atoms with Gasteiger partial charge in [-0.25, -0.2) is 14.4 Å². The highest BCUT2D eigenvalue weighted by Crippen LogP contribution is 2.25. The standard InChI is InChI=1S/C12H10FN3OS/c13-7-1-2-10-8(5-7)16-12(17-10)9-6-18-11(15-9)3-4-14/h1-2,5-6H,3-4,14H2. The van der Waals surface area contributed by atoms with Gasteiger partial charge in [0.1, 0.15) is 17.0 Å². The van der Waals surface area contributed by atoms with Gasteiger partial charge in [-0.15, -0.1) is 11.3 Å². The molecule has 0 atom stereocenters. The van der Waals surface area contributed by atoms with E-state index in [1.807, 2.05) is 5.38 Å². The van der Waals surface area contributed by atoms with Crippen LogP contribution in [-0.4, -0.2) is 16.5 Å². The Hall–Kier alpha value is -1.79. The summed E-state index contributed by atoms with van der Waals surface area (Å²) in [7, 11) is 0. The smallest absolute Gasteiger partial charge is 0.247 e. The van der Waals surface area contributed by atoms with Gasteiger partial charge in [0, 0.05) is 17.9 Å². The van der Waals surface area contributed by atoms with Gasteiger partial charge >= 0.3 is 0 Å². The fraction of sp³-hybridized carbons (Fsp3) is 0.167. The first-order chi connectivity index (χ1) is 8.76. The largest absolute Gasteiger partial charge is 0.435 e. The summed E-state index contributed by atoms with van der Waals surface area (Å²) < 4.78 is 18.6. The van der Waals surface area contributed by atoms with Gasteiger partial charge in [0.25, 0.3) is 0 Å². The van der Waals surface area contributed by atoms with Crippen molar-refractivity contribution in [1.29, 1.82) is 0 Å². The maximum absolute atomic E-state index is 13.0. The molecule has 6 heteroatoms. The number of benzene rings is 1. The van der Waals surface area contributed by atoms with Crippen molar-refractivity contribution in [3.63, 3.8) is 0 Å². The SMILES string of the molecule is NCCc1nc(-c2nc3cc(F)ccc3o2)cs1. The maximum Gasteiger partial charge on any atom is 0.247 e. The molecule has 2 N–H and O–H groups in total. The summed E-state index contributed by atoms with van der Waals surface area (Å²) in [6.07, 6.45) is 0.736. The molecule has 0 radical (unpaired) electrons. The predicted octanol–water partition coefficient (Wildman–Crippen LogP) is 2.59. The number of aromatic nitrogens is 2. The van der Waals surface area contributed by atoms with E-state index in [0.29, 0.717) is 29.2 Å². The number of oxazole rings is 1. The number of nitrogens with zero attached hydrogens (tertiary/aromatic N) is 2. The Labute approximate surface area is 106 Å². The first-order valence-corrected chi connectivity index (χ1v) is 6.35. The minimum absolute atomic E-state index is 0.329. The van der Waals surface area contributed by atoms with Crippen molar-refractivity contribution in [3.05, 3.63) is 34.4 Å². The highest BCUT2D eigenvalue weighted by Gasteiger charge is 2.12. The first-order valence-electron chi connectivity index (χ1n) is 5.47. The predicted molar refractivity (Wildman–Crippen MR) is 67.8 cm³/mol. The van der Waals surface area contributed by atoms with Gasteiger partial charge < -0.3 is 10.2 Å². The summed E-state index contributed by atoms with van der Waals surface area (Å²) in [5.41, 5.74) is 7.19. The molecule has 0 spiro atoms. The molecule has 92 valence electrons. The molecule has 0 aliphatic carbocycles. The van der Waals surface area contributed by atoms with Crippen LogP contribution in [0.3, 0.4) is 0 Å². The Kier molecular flexibility index (Phi) is 2.81. The molecular weight excluding hydrogens is 253 g/mol. The molecule has 0 saturated carbocycles. The van der Waals surface area contributed by atoms with E-state index in [9.17, 15) is 4.39 Å². The van der Waals surface area contributed by atoms with Gasteiger partial charge in [-0.1, -0.05) is 0 Å². The van der Waals surface area contributed by atoms with Gasteiger partial charge in [-0.3, -0.25) is 0 Å². The van der Waals surface area contributed by atoms with E-state index in [-0.39, 0.29) is 5.82 Å². The lowest BCUT2D eigenvalue weighted by atomic mass is 10.3. The Morgan fingerprint density at radius 3 is 3.06 bits per heavy atom. The highest BCUT2D eigenvalue weighted by atomic mass is 32.1. The van der Waals surface area contributed by atoms with Crippen molar-refractivity contribution in [2.75, 3.05) is 6.54 Å². The lowest BCUT2D eigenvalue weighted by molar-refractivity contribution is 0.612. The number of hydrogen-bond donors (Lipinski definition) is 1. The minimum atomic E-state index is -0.329. The van der Waals surface area contributed by atoms with Crippen molar-refractivity contribution in [2.45, 2.75) is 6.42 Å². The van der Waals surface area contributed by atoms with Crippen LogP contribution in [-0.2, 0) is 6.42 Å². The molecule has 3 rings (SSSR count). The second-order valence-corrected chi connectivity index (χ2v) is 4.74. The molecule has 2 heterocycles. The van der Waals surface area contributed by atoms with Crippen LogP contribution in [0.15, 0.2) is 28.0 Å². The maximum atomic E-state index is 13.0. The molecule has 1 aromatic carbocycles. The molecule has 0 aliphatic rings. The molecule has 0 amide bonds. The summed E-state index contributed by atoms with van der Waals surface area (Å²) >= 11 is 1.52. The van der Waals surface area contributed by atoms with Crippen molar-refractivity contribution >= 4 is 22.4 Å². The second kappa shape index (κ2) is 4.47. The zero-order chi connectivity index (χ0) is 12.5. The third-order valence-electron chi connectivity index (χ3n) is 2.48. The van der Waals surface area contributed by atoms with Crippen LogP contribution in [0.5, 0.6) is 0 Å². The monoisotopic (exact) mass is 263 g/mol. The second-order valence-electron chi connectivity index (χ2n) is 3.80. The Balaban J connectivity index is 2.02. The quantitative estimate of drug-likeness (QED) is 0.788. The van der Waals surface area contributed by atoms with E-state index >= 15 is 0 Å². The van der Waals surface area contributed by atoms with E-state index in [0.717, 1.165) is 11.4 Å². The summed E-state index contributed by atoms with van der Waals surface area (Å²) in [6.45, 7) is 0.561. The van der Waals surface area contributed by atoms with E-state index in [2.05, 4.69) is 9.97 Å². The summed E-state index contributed by atoms with van der Waals surface area (Å²) in [5, 5.41) is 2.81. The van der Waals surface area contributed by atoms with Crippen LogP contribution < -0.4 is 5.73 Å². The summed E-state index contributed by atoms with van der Waals surface area (Å²) in [4.78, 5) is 8.60. The number of rotatable bonds is 3. The molecule has 4 nitrogen and oxygen atoms in total. The van der Waals surface area contributed by atoms with Crippen molar-refractivity contribution in [2.24, 2.45) is 5.73 Å². The summed E-state index contributed by atoms with van der Waals surface area (Å²) in [5.74, 6) is 0.0829. The van der Waals surface area contributed by atoms with Crippen LogP contribution in [0.25, 0.3) is 22.7 Å². The Morgan fingerprint density at radius 1 is 1.33 bits per heavy atom. The van der Waals surface area contributed by atoms with E-state index in [1.165, 1.54) is 23.5 Å². The van der Waals surface area contributed by atoms with Gasteiger partial charge in [-0.2, -0.15) is 0 Å². The molecule has 0 aliphatic heterocycles. The van der Waals surface area contributed by atoms with Gasteiger partial charge in [0.2, 0.25) is 5.89 Å². The average molecular weight is 263 g/mol. The first kappa shape index (κ1) is 11.3. The van der Waals surface area contributed by atoms with Gasteiger partial charge in [-0.05, 0) is 18.7 Å². The molecule has 0 unspecified atom stereocenters. The third kappa shape index (κ3) is 2.00. The van der Waals surface area contributed by atoms with Crippen molar-refractivity contribution < 1.29 is 8.81 Å². The molecule has 0 fully saturated rings. The van der Waals surface area contributed by atoms with Crippen molar-refractivity contribution in [1.82, 2.24) is 9.97 Å². The topological polar surface area (TPSA) is 64.9 Å². The number of hydrogen-bond acceptors (Lipinski definition) is 5. The molecule has 2 aromatic heterocycles.